The van der Waals surface area contributed by atoms with Crippen LogP contribution in [0, 0.1) is 11.3 Å². The lowest BCUT2D eigenvalue weighted by Gasteiger charge is -2.19. The maximum absolute atomic E-state index is 11.1. The van der Waals surface area contributed by atoms with E-state index in [-0.39, 0.29) is 5.91 Å². The van der Waals surface area contributed by atoms with Gasteiger partial charge in [-0.2, -0.15) is 5.26 Å². The molecule has 5 heteroatoms. The molecule has 0 bridgehead atoms. The van der Waals surface area contributed by atoms with Gasteiger partial charge in [-0.15, -0.1) is 0 Å². The second kappa shape index (κ2) is 8.48. The third-order valence-electron chi connectivity index (χ3n) is 1.80. The highest BCUT2D eigenvalue weighted by Crippen LogP contribution is 1.91. The number of hydrogen-bond acceptors (Lipinski definition) is 4. The molecule has 14 heavy (non-hydrogen) atoms. The van der Waals surface area contributed by atoms with E-state index in [1.54, 1.807) is 14.2 Å². The first-order valence-corrected chi connectivity index (χ1v) is 4.53. The minimum absolute atomic E-state index is 0.0426. The second-order valence-electron chi connectivity index (χ2n) is 2.85. The van der Waals surface area contributed by atoms with E-state index >= 15 is 0 Å². The van der Waals surface area contributed by atoms with Crippen LogP contribution in [0.25, 0.3) is 0 Å². The summed E-state index contributed by atoms with van der Waals surface area (Å²) in [5.41, 5.74) is 0. The van der Waals surface area contributed by atoms with E-state index in [0.717, 1.165) is 0 Å². The number of rotatable bonds is 7. The molecule has 0 unspecified atom stereocenters. The molecule has 0 aromatic heterocycles. The van der Waals surface area contributed by atoms with Gasteiger partial charge >= 0.3 is 0 Å². The van der Waals surface area contributed by atoms with Crippen LogP contribution in [0.1, 0.15) is 6.42 Å². The van der Waals surface area contributed by atoms with Crippen molar-refractivity contribution < 1.29 is 9.53 Å². The zero-order valence-corrected chi connectivity index (χ0v) is 8.75. The first kappa shape index (κ1) is 12.9. The van der Waals surface area contributed by atoms with Crippen molar-refractivity contribution in [2.75, 3.05) is 40.4 Å². The van der Waals surface area contributed by atoms with E-state index in [9.17, 15) is 4.79 Å². The molecule has 0 aromatic rings. The molecular formula is C9H17N3O2. The molecule has 1 N–H and O–H groups in total. The zero-order valence-electron chi connectivity index (χ0n) is 8.75. The highest BCUT2D eigenvalue weighted by atomic mass is 16.5. The van der Waals surface area contributed by atoms with Crippen molar-refractivity contribution in [1.82, 2.24) is 10.2 Å². The molecule has 0 spiro atoms. The van der Waals surface area contributed by atoms with Gasteiger partial charge in [-0.25, -0.2) is 0 Å². The van der Waals surface area contributed by atoms with Gasteiger partial charge in [0.25, 0.3) is 0 Å². The van der Waals surface area contributed by atoms with Gasteiger partial charge in [-0.1, -0.05) is 0 Å². The highest BCUT2D eigenvalue weighted by Gasteiger charge is 2.08. The topological polar surface area (TPSA) is 65.4 Å². The minimum Gasteiger partial charge on any atom is -0.383 e. The number of nitriles is 1. The number of methoxy groups -OCH3 is 1. The average molecular weight is 199 g/mol. The van der Waals surface area contributed by atoms with E-state index in [2.05, 4.69) is 11.4 Å². The van der Waals surface area contributed by atoms with Crippen molar-refractivity contribution in [3.63, 3.8) is 0 Å². The maximum atomic E-state index is 11.1. The predicted molar refractivity (Wildman–Crippen MR) is 52.6 cm³/mol. The third-order valence-corrected chi connectivity index (χ3v) is 1.80. The van der Waals surface area contributed by atoms with Crippen LogP contribution in [0.3, 0.4) is 0 Å². The van der Waals surface area contributed by atoms with Crippen LogP contribution in [0.5, 0.6) is 0 Å². The van der Waals surface area contributed by atoms with Crippen LogP contribution in [-0.2, 0) is 9.53 Å². The zero-order chi connectivity index (χ0) is 10.8. The monoisotopic (exact) mass is 199 g/mol. The maximum Gasteiger partial charge on any atom is 0.233 e. The minimum atomic E-state index is -0.0426. The molecule has 0 heterocycles. The lowest BCUT2D eigenvalue weighted by atomic mass is 10.4. The first-order valence-electron chi connectivity index (χ1n) is 4.53. The summed E-state index contributed by atoms with van der Waals surface area (Å²) in [5.74, 6) is -0.0426. The highest BCUT2D eigenvalue weighted by molar-refractivity contribution is 5.77. The van der Waals surface area contributed by atoms with Gasteiger partial charge < -0.3 is 10.1 Å². The Kier molecular flexibility index (Phi) is 7.80. The molecule has 0 fully saturated rings. The van der Waals surface area contributed by atoms with Crippen LogP contribution in [0.15, 0.2) is 0 Å². The molecular weight excluding hydrogens is 182 g/mol. The lowest BCUT2D eigenvalue weighted by molar-refractivity contribution is -0.121. The fourth-order valence-electron chi connectivity index (χ4n) is 0.981. The molecule has 5 nitrogen and oxygen atoms in total. The number of amides is 1. The number of nitrogens with one attached hydrogen (secondary N) is 1. The average Bonchev–Trinajstić information content (AvgIpc) is 2.21. The fourth-order valence-corrected chi connectivity index (χ4v) is 0.981. The molecule has 0 aromatic carbocycles. The van der Waals surface area contributed by atoms with E-state index < -0.39 is 0 Å². The molecule has 0 rings (SSSR count). The summed E-state index contributed by atoms with van der Waals surface area (Å²) in [4.78, 5) is 13.0. The fraction of sp³-hybridized carbons (Fsp3) is 0.778. The predicted octanol–water partition coefficient (Wildman–Crippen LogP) is -0.406. The molecule has 0 atom stereocenters. The number of carbonyl (C=O) groups is 1. The van der Waals surface area contributed by atoms with Crippen molar-refractivity contribution in [1.29, 1.82) is 5.26 Å². The van der Waals surface area contributed by atoms with Crippen molar-refractivity contribution in [2.24, 2.45) is 0 Å². The molecule has 0 aliphatic rings. The number of likely N-dealkylation sites (N-methyl/N-ethyl adjacent to an activating group) is 1. The van der Waals surface area contributed by atoms with Crippen LogP contribution in [-0.4, -0.2) is 51.2 Å². The lowest BCUT2D eigenvalue weighted by Crippen LogP contribution is -2.37. The van der Waals surface area contributed by atoms with Gasteiger partial charge in [0.2, 0.25) is 5.91 Å². The normalized spacial score (nSPS) is 9.86. The Morgan fingerprint density at radius 3 is 2.79 bits per heavy atom. The number of nitrogens with zero attached hydrogens (tertiary/aromatic N) is 2. The molecule has 0 saturated heterocycles. The summed E-state index contributed by atoms with van der Waals surface area (Å²) < 4.78 is 4.91. The molecule has 0 radical (unpaired) electrons. The number of ether oxygens (including phenoxy) is 1. The summed E-state index contributed by atoms with van der Waals surface area (Å²) in [5, 5.41) is 11.0. The first-order chi connectivity index (χ1) is 6.74. The summed E-state index contributed by atoms with van der Waals surface area (Å²) in [6.45, 7) is 2.17. The standard InChI is InChI=1S/C9H17N3O2/c1-11-9(13)8-12(5-3-4-10)6-7-14-2/h3,5-8H2,1-2H3,(H,11,13). The van der Waals surface area contributed by atoms with Crippen LogP contribution in [0.2, 0.25) is 0 Å². The van der Waals surface area contributed by atoms with Gasteiger partial charge in [-0.05, 0) is 0 Å². The number of carbonyl (C=O) groups excluding carboxylic acids is 1. The third kappa shape index (κ3) is 6.40. The summed E-state index contributed by atoms with van der Waals surface area (Å²) >= 11 is 0. The van der Waals surface area contributed by atoms with Gasteiger partial charge in [0.05, 0.1) is 19.2 Å². The van der Waals surface area contributed by atoms with E-state index in [1.807, 2.05) is 4.90 Å². The Balaban J connectivity index is 3.84. The molecule has 0 aliphatic heterocycles. The summed E-state index contributed by atoms with van der Waals surface area (Å²) in [7, 11) is 3.21. The second-order valence-corrected chi connectivity index (χ2v) is 2.85. The van der Waals surface area contributed by atoms with Crippen molar-refractivity contribution >= 4 is 5.91 Å². The van der Waals surface area contributed by atoms with Gasteiger partial charge in [0.1, 0.15) is 0 Å². The summed E-state index contributed by atoms with van der Waals surface area (Å²) in [6, 6.07) is 2.05. The smallest absolute Gasteiger partial charge is 0.233 e. The Morgan fingerprint density at radius 1 is 1.57 bits per heavy atom. The molecule has 0 saturated carbocycles. The number of hydrogen-bond donors (Lipinski definition) is 1. The van der Waals surface area contributed by atoms with Gasteiger partial charge in [0.15, 0.2) is 0 Å². The van der Waals surface area contributed by atoms with E-state index in [4.69, 9.17) is 10.00 Å². The van der Waals surface area contributed by atoms with Crippen molar-refractivity contribution in [3.8, 4) is 6.07 Å². The quantitative estimate of drug-likeness (QED) is 0.605. The Morgan fingerprint density at radius 2 is 2.29 bits per heavy atom. The van der Waals surface area contributed by atoms with E-state index in [1.165, 1.54) is 0 Å². The molecule has 1 amide bonds. The molecule has 0 aliphatic carbocycles. The van der Waals surface area contributed by atoms with Gasteiger partial charge in [0, 0.05) is 33.7 Å². The Hall–Kier alpha value is -1.12. The van der Waals surface area contributed by atoms with E-state index in [0.29, 0.717) is 32.7 Å². The summed E-state index contributed by atoms with van der Waals surface area (Å²) in [6.07, 6.45) is 0.431. The van der Waals surface area contributed by atoms with Crippen molar-refractivity contribution in [2.45, 2.75) is 6.42 Å². The molecule has 80 valence electrons. The van der Waals surface area contributed by atoms with Crippen molar-refractivity contribution in [3.05, 3.63) is 0 Å². The Bertz CT molecular complexity index is 201. The van der Waals surface area contributed by atoms with Crippen LogP contribution in [0.4, 0.5) is 0 Å². The van der Waals surface area contributed by atoms with Crippen LogP contribution < -0.4 is 5.32 Å². The van der Waals surface area contributed by atoms with Gasteiger partial charge in [-0.3, -0.25) is 9.69 Å². The van der Waals surface area contributed by atoms with Crippen LogP contribution >= 0.6 is 0 Å². The largest absolute Gasteiger partial charge is 0.383 e. The SMILES string of the molecule is CNC(=O)CN(CCC#N)CCOC. The Labute approximate surface area is 84.6 Å².